The van der Waals surface area contributed by atoms with Gasteiger partial charge in [-0.25, -0.2) is 87.8 Å². The maximum Gasteiger partial charge on any atom is 0.200 e. The monoisotopic (exact) mass is 710 g/mol. The summed E-state index contributed by atoms with van der Waals surface area (Å²) in [6, 6.07) is 0. The van der Waals surface area contributed by atoms with Gasteiger partial charge in [0.05, 0.1) is 5.41 Å². The van der Waals surface area contributed by atoms with Crippen molar-refractivity contribution in [2.75, 3.05) is 0 Å². The van der Waals surface area contributed by atoms with Crippen LogP contribution in [0.1, 0.15) is 36.1 Å². The van der Waals surface area contributed by atoms with Crippen LogP contribution in [0.5, 0.6) is 0 Å². The summed E-state index contributed by atoms with van der Waals surface area (Å²) in [5.74, 6) is -71.8. The van der Waals surface area contributed by atoms with Gasteiger partial charge in [0, 0.05) is 22.3 Å². The lowest BCUT2D eigenvalue weighted by molar-refractivity contribution is 0.315. The molecule has 0 spiro atoms. The summed E-state index contributed by atoms with van der Waals surface area (Å²) in [5.41, 5.74) is -20.7. The zero-order valence-electron chi connectivity index (χ0n) is 22.1. The molecule has 0 saturated heterocycles. The minimum atomic E-state index is -6.10. The molecule has 0 radical (unpaired) electrons. The predicted molar refractivity (Wildman–Crippen MR) is 115 cm³/mol. The van der Waals surface area contributed by atoms with Crippen molar-refractivity contribution in [2.45, 2.75) is 19.3 Å². The van der Waals surface area contributed by atoms with Crippen molar-refractivity contribution in [1.82, 2.24) is 0 Å². The third kappa shape index (κ3) is 4.85. The molecule has 0 aliphatic rings. The van der Waals surface area contributed by atoms with E-state index in [-0.39, 0.29) is 0 Å². The van der Waals surface area contributed by atoms with Crippen molar-refractivity contribution in [1.29, 1.82) is 0 Å². The Hall–Kier alpha value is -4.52. The Bertz CT molecular complexity index is 1560. The van der Waals surface area contributed by atoms with Crippen molar-refractivity contribution in [2.24, 2.45) is 0 Å². The number of hydrogen-bond donors (Lipinski definition) is 0. The average molecular weight is 710 g/mol. The first kappa shape index (κ1) is 36.9. The highest BCUT2D eigenvalue weighted by atomic mass is 19.2. The smallest absolute Gasteiger partial charge is 0.200 e. The van der Waals surface area contributed by atoms with Crippen LogP contribution in [0.25, 0.3) is 0 Å². The molecule has 0 heterocycles. The number of hydrogen-bond acceptors (Lipinski definition) is 0. The Morgan fingerprint density at radius 2 is 0.277 bits per heavy atom. The van der Waals surface area contributed by atoms with Crippen LogP contribution in [0.15, 0.2) is 0 Å². The van der Waals surface area contributed by atoms with Gasteiger partial charge in [0.2, 0.25) is 23.3 Å². The van der Waals surface area contributed by atoms with E-state index < -0.39 is 144 Å². The van der Waals surface area contributed by atoms with Gasteiger partial charge < -0.3 is 0 Å². The van der Waals surface area contributed by atoms with Gasteiger partial charge in [0.15, 0.2) is 93.1 Å². The fourth-order valence-corrected chi connectivity index (χ4v) is 4.49. The molecule has 0 saturated carbocycles. The molecular formula is C27H6F20. The third-order valence-electron chi connectivity index (χ3n) is 6.34. The second-order valence-electron chi connectivity index (χ2n) is 8.53. The molecule has 0 bridgehead atoms. The van der Waals surface area contributed by atoms with E-state index in [1.807, 2.05) is 13.8 Å². The first-order valence-corrected chi connectivity index (χ1v) is 11.8. The maximum atomic E-state index is 15.3. The maximum absolute atomic E-state index is 15.3. The highest BCUT2D eigenvalue weighted by Crippen LogP contribution is 2.54. The number of rotatable bonds is 4. The standard InChI is InChI=1S/C25F20.C2H6/c26-5-1(6(27)14(35)21(42)13(5)34)25(2-7(28)15(36)22(43)16(37)8(2)29,3-9(30)17(38)23(44)18(39)10(3)31)4-11(32)19(40)24(45)20(41)12(4)33;1-2/h;1-2H3. The molecule has 0 aromatic heterocycles. The molecule has 0 aliphatic heterocycles. The third-order valence-corrected chi connectivity index (χ3v) is 6.34. The molecule has 4 aromatic carbocycles. The van der Waals surface area contributed by atoms with Crippen molar-refractivity contribution in [3.05, 3.63) is 139 Å². The van der Waals surface area contributed by atoms with Gasteiger partial charge in [0.25, 0.3) is 0 Å². The molecule has 0 fully saturated rings. The summed E-state index contributed by atoms with van der Waals surface area (Å²) in [5, 5.41) is 0. The average Bonchev–Trinajstić information content (AvgIpc) is 3.05. The molecule has 47 heavy (non-hydrogen) atoms. The molecule has 0 aliphatic carbocycles. The van der Waals surface area contributed by atoms with Crippen LogP contribution >= 0.6 is 0 Å². The van der Waals surface area contributed by atoms with E-state index in [1.54, 1.807) is 0 Å². The van der Waals surface area contributed by atoms with E-state index in [1.165, 1.54) is 0 Å². The van der Waals surface area contributed by atoms with E-state index in [4.69, 9.17) is 0 Å². The summed E-state index contributed by atoms with van der Waals surface area (Å²) >= 11 is 0. The lowest BCUT2D eigenvalue weighted by Crippen LogP contribution is -2.42. The minimum absolute atomic E-state index is 2.00. The van der Waals surface area contributed by atoms with Crippen LogP contribution in [0.3, 0.4) is 0 Å². The fourth-order valence-electron chi connectivity index (χ4n) is 4.49. The van der Waals surface area contributed by atoms with E-state index in [0.717, 1.165) is 0 Å². The van der Waals surface area contributed by atoms with Crippen molar-refractivity contribution >= 4 is 0 Å². The molecular weight excluding hydrogens is 704 g/mol. The summed E-state index contributed by atoms with van der Waals surface area (Å²) in [6.07, 6.45) is 0. The lowest BCUT2D eigenvalue weighted by Gasteiger charge is -2.38. The van der Waals surface area contributed by atoms with Gasteiger partial charge in [-0.15, -0.1) is 0 Å². The van der Waals surface area contributed by atoms with E-state index in [0.29, 0.717) is 0 Å². The Morgan fingerprint density at radius 1 is 0.191 bits per heavy atom. The van der Waals surface area contributed by atoms with Crippen molar-refractivity contribution in [3.63, 3.8) is 0 Å². The van der Waals surface area contributed by atoms with Crippen LogP contribution in [-0.2, 0) is 5.41 Å². The Balaban J connectivity index is 0.00000294. The highest BCUT2D eigenvalue weighted by molar-refractivity contribution is 5.63. The van der Waals surface area contributed by atoms with Crippen molar-refractivity contribution < 1.29 is 87.8 Å². The normalized spacial score (nSPS) is 11.6. The zero-order valence-corrected chi connectivity index (χ0v) is 22.1. The van der Waals surface area contributed by atoms with Gasteiger partial charge in [-0.2, -0.15) is 0 Å². The quantitative estimate of drug-likeness (QED) is 0.0857. The topological polar surface area (TPSA) is 0 Å². The van der Waals surface area contributed by atoms with Gasteiger partial charge in [-0.05, 0) is 0 Å². The number of halogens is 20. The number of benzene rings is 4. The molecule has 4 rings (SSSR count). The van der Waals surface area contributed by atoms with Crippen LogP contribution in [0, 0.1) is 116 Å². The van der Waals surface area contributed by atoms with Gasteiger partial charge >= 0.3 is 0 Å². The van der Waals surface area contributed by atoms with E-state index in [2.05, 4.69) is 0 Å². The van der Waals surface area contributed by atoms with E-state index in [9.17, 15) is 52.7 Å². The van der Waals surface area contributed by atoms with Crippen LogP contribution in [-0.4, -0.2) is 0 Å². The van der Waals surface area contributed by atoms with Gasteiger partial charge in [-0.3, -0.25) is 0 Å². The molecule has 0 N–H and O–H groups in total. The Morgan fingerprint density at radius 3 is 0.383 bits per heavy atom. The largest absolute Gasteiger partial charge is 0.203 e. The minimum Gasteiger partial charge on any atom is -0.203 e. The molecule has 0 atom stereocenters. The summed E-state index contributed by atoms with van der Waals surface area (Å²) in [7, 11) is 0. The second-order valence-corrected chi connectivity index (χ2v) is 8.53. The zero-order chi connectivity index (χ0) is 36.4. The van der Waals surface area contributed by atoms with Crippen LogP contribution < -0.4 is 0 Å². The lowest BCUT2D eigenvalue weighted by atomic mass is 9.63. The van der Waals surface area contributed by atoms with Crippen molar-refractivity contribution in [3.8, 4) is 0 Å². The molecule has 4 aromatic rings. The summed E-state index contributed by atoms with van der Waals surface area (Å²) in [6.45, 7) is 4.00. The van der Waals surface area contributed by atoms with Gasteiger partial charge in [0.1, 0.15) is 0 Å². The SMILES string of the molecule is CC.Fc1c(F)c(F)c(C(c2c(F)c(F)c(F)c(F)c2F)(c2c(F)c(F)c(F)c(F)c2F)c2c(F)c(F)c(F)c(F)c2F)c(F)c1F. The second kappa shape index (κ2) is 12.6. The highest BCUT2D eigenvalue weighted by Gasteiger charge is 2.58. The Labute approximate surface area is 246 Å². The fraction of sp³-hybridized carbons (Fsp3) is 0.111. The molecule has 0 unspecified atom stereocenters. The molecule has 254 valence electrons. The summed E-state index contributed by atoms with van der Waals surface area (Å²) in [4.78, 5) is 0. The van der Waals surface area contributed by atoms with Crippen LogP contribution in [0.4, 0.5) is 87.8 Å². The Kier molecular flexibility index (Phi) is 9.90. The molecule has 0 amide bonds. The molecule has 20 heteroatoms. The summed E-state index contributed by atoms with van der Waals surface area (Å²) < 4.78 is 294. The molecule has 0 nitrogen and oxygen atoms in total. The first-order chi connectivity index (χ1) is 21.7. The van der Waals surface area contributed by atoms with Gasteiger partial charge in [-0.1, -0.05) is 13.8 Å². The predicted octanol–water partition coefficient (Wildman–Crippen LogP) is 9.88. The van der Waals surface area contributed by atoms with E-state index >= 15 is 35.1 Å². The first-order valence-electron chi connectivity index (χ1n) is 11.8. The van der Waals surface area contributed by atoms with Crippen LogP contribution in [0.2, 0.25) is 0 Å².